The predicted octanol–water partition coefficient (Wildman–Crippen LogP) is 3.97. The molecule has 0 spiro atoms. The van der Waals surface area contributed by atoms with Gasteiger partial charge in [-0.15, -0.1) is 11.6 Å². The van der Waals surface area contributed by atoms with E-state index in [1.807, 2.05) is 25.8 Å². The summed E-state index contributed by atoms with van der Waals surface area (Å²) in [4.78, 5) is 4.02. The molecule has 1 fully saturated rings. The van der Waals surface area contributed by atoms with Crippen LogP contribution in [0.4, 0.5) is 18.9 Å². The zero-order chi connectivity index (χ0) is 15.8. The molecular weight excluding hydrogens is 301 g/mol. The molecule has 1 aromatic carbocycles. The fourth-order valence-corrected chi connectivity index (χ4v) is 2.94. The summed E-state index contributed by atoms with van der Waals surface area (Å²) in [7, 11) is 2.01. The molecule has 0 N–H and O–H groups in total. The molecule has 1 aliphatic heterocycles. The van der Waals surface area contributed by atoms with Gasteiger partial charge in [-0.1, -0.05) is 6.07 Å². The highest BCUT2D eigenvalue weighted by atomic mass is 35.5. The second kappa shape index (κ2) is 6.05. The molecule has 0 bridgehead atoms. The second-order valence-corrected chi connectivity index (χ2v) is 6.02. The lowest BCUT2D eigenvalue weighted by Crippen LogP contribution is -2.55. The van der Waals surface area contributed by atoms with Gasteiger partial charge in [-0.25, -0.2) is 0 Å². The van der Waals surface area contributed by atoms with Crippen LogP contribution in [-0.4, -0.2) is 37.1 Å². The van der Waals surface area contributed by atoms with E-state index in [2.05, 4.69) is 4.90 Å². The Morgan fingerprint density at radius 3 is 2.24 bits per heavy atom. The average Bonchev–Trinajstić information content (AvgIpc) is 2.42. The van der Waals surface area contributed by atoms with Crippen molar-refractivity contribution in [3.63, 3.8) is 0 Å². The Morgan fingerprint density at radius 2 is 1.76 bits per heavy atom. The van der Waals surface area contributed by atoms with E-state index in [4.69, 9.17) is 11.6 Å². The molecule has 2 unspecified atom stereocenters. The number of anilines is 1. The minimum Gasteiger partial charge on any atom is -0.368 e. The number of halogens is 4. The quantitative estimate of drug-likeness (QED) is 0.761. The summed E-state index contributed by atoms with van der Waals surface area (Å²) < 4.78 is 39.9. The number of alkyl halides is 4. The van der Waals surface area contributed by atoms with E-state index < -0.39 is 11.7 Å². The molecule has 1 saturated heterocycles. The van der Waals surface area contributed by atoms with Crippen LogP contribution in [-0.2, 0) is 12.1 Å². The van der Waals surface area contributed by atoms with Gasteiger partial charge in [-0.3, -0.25) is 4.90 Å². The first-order valence-corrected chi connectivity index (χ1v) is 7.50. The van der Waals surface area contributed by atoms with Gasteiger partial charge in [0.15, 0.2) is 0 Å². The predicted molar refractivity (Wildman–Crippen MR) is 79.9 cm³/mol. The van der Waals surface area contributed by atoms with E-state index in [1.54, 1.807) is 12.1 Å². The lowest BCUT2D eigenvalue weighted by Gasteiger charge is -2.44. The lowest BCUT2D eigenvalue weighted by atomic mass is 10.0. The average molecular weight is 321 g/mol. The van der Waals surface area contributed by atoms with Crippen LogP contribution in [0.2, 0.25) is 0 Å². The van der Waals surface area contributed by atoms with Crippen LogP contribution < -0.4 is 4.90 Å². The van der Waals surface area contributed by atoms with Crippen LogP contribution >= 0.6 is 11.6 Å². The summed E-state index contributed by atoms with van der Waals surface area (Å²) in [5.74, 6) is 0.0822. The summed E-state index contributed by atoms with van der Waals surface area (Å²) in [5, 5.41) is 0. The van der Waals surface area contributed by atoms with E-state index in [0.717, 1.165) is 6.07 Å². The van der Waals surface area contributed by atoms with Gasteiger partial charge >= 0.3 is 6.18 Å². The molecule has 6 heteroatoms. The number of likely N-dealkylation sites (N-methyl/N-ethyl adjacent to an activating group) is 1. The molecule has 1 heterocycles. The number of benzene rings is 1. The Hall–Kier alpha value is -0.940. The maximum Gasteiger partial charge on any atom is 0.418 e. The van der Waals surface area contributed by atoms with Gasteiger partial charge in [0.25, 0.3) is 0 Å². The minimum absolute atomic E-state index is 0.0822. The van der Waals surface area contributed by atoms with Crippen molar-refractivity contribution < 1.29 is 13.2 Å². The summed E-state index contributed by atoms with van der Waals surface area (Å²) >= 11 is 5.66. The fraction of sp³-hybridized carbons (Fsp3) is 0.600. The minimum atomic E-state index is -4.37. The van der Waals surface area contributed by atoms with Crippen LogP contribution in [0.3, 0.4) is 0 Å². The van der Waals surface area contributed by atoms with E-state index >= 15 is 0 Å². The lowest BCUT2D eigenvalue weighted by molar-refractivity contribution is -0.137. The van der Waals surface area contributed by atoms with Crippen LogP contribution in [0.25, 0.3) is 0 Å². The third-order valence-electron chi connectivity index (χ3n) is 4.22. The molecule has 2 rings (SSSR count). The fourth-order valence-electron chi connectivity index (χ4n) is 2.77. The van der Waals surface area contributed by atoms with Gasteiger partial charge < -0.3 is 4.90 Å². The number of rotatable bonds is 2. The Morgan fingerprint density at radius 1 is 1.19 bits per heavy atom. The maximum atomic E-state index is 13.3. The van der Waals surface area contributed by atoms with Crippen molar-refractivity contribution in [2.75, 3.05) is 25.0 Å². The Labute approximate surface area is 128 Å². The van der Waals surface area contributed by atoms with Gasteiger partial charge in [-0.2, -0.15) is 13.2 Å². The summed E-state index contributed by atoms with van der Waals surface area (Å²) in [6.07, 6.45) is -4.37. The first kappa shape index (κ1) is 16.4. The molecule has 2 nitrogen and oxygen atoms in total. The summed E-state index contributed by atoms with van der Waals surface area (Å²) in [6, 6.07) is 4.80. The van der Waals surface area contributed by atoms with Gasteiger partial charge in [0.05, 0.1) is 5.56 Å². The Bertz CT molecular complexity index is 492. The van der Waals surface area contributed by atoms with Gasteiger partial charge in [0, 0.05) is 36.7 Å². The van der Waals surface area contributed by atoms with E-state index in [1.165, 1.54) is 0 Å². The van der Waals surface area contributed by atoms with Crippen LogP contribution in [0.15, 0.2) is 18.2 Å². The summed E-state index contributed by atoms with van der Waals surface area (Å²) in [5.41, 5.74) is 0.149. The highest BCUT2D eigenvalue weighted by molar-refractivity contribution is 6.17. The van der Waals surface area contributed by atoms with E-state index in [9.17, 15) is 13.2 Å². The number of nitrogens with zero attached hydrogens (tertiary/aromatic N) is 2. The van der Waals surface area contributed by atoms with Gasteiger partial charge in [0.1, 0.15) is 0 Å². The molecule has 0 aromatic heterocycles. The van der Waals surface area contributed by atoms with Crippen LogP contribution in [0.5, 0.6) is 0 Å². The van der Waals surface area contributed by atoms with Crippen molar-refractivity contribution in [3.05, 3.63) is 29.3 Å². The highest BCUT2D eigenvalue weighted by Gasteiger charge is 2.37. The molecular formula is C15H20ClF3N2. The van der Waals surface area contributed by atoms with Crippen LogP contribution in [0, 0.1) is 0 Å². The Balaban J connectivity index is 2.39. The standard InChI is InChI=1S/C15H20ClF3N2/c1-10-8-21(9-11(2)20(10)3)14-5-4-12(7-16)6-13(14)15(17,18)19/h4-6,10-11H,7-9H2,1-3H3. The van der Waals surface area contributed by atoms with Gasteiger partial charge in [-0.05, 0) is 38.6 Å². The van der Waals surface area contributed by atoms with Crippen molar-refractivity contribution in [2.45, 2.75) is 38.0 Å². The number of piperazine rings is 1. The summed E-state index contributed by atoms with van der Waals surface area (Å²) in [6.45, 7) is 5.24. The van der Waals surface area contributed by atoms with Crippen molar-refractivity contribution in [2.24, 2.45) is 0 Å². The smallest absolute Gasteiger partial charge is 0.368 e. The van der Waals surface area contributed by atoms with Gasteiger partial charge in [0.2, 0.25) is 0 Å². The van der Waals surface area contributed by atoms with Crippen molar-refractivity contribution in [3.8, 4) is 0 Å². The zero-order valence-electron chi connectivity index (χ0n) is 12.4. The first-order valence-electron chi connectivity index (χ1n) is 6.97. The normalized spacial score (nSPS) is 24.4. The zero-order valence-corrected chi connectivity index (χ0v) is 13.2. The molecule has 118 valence electrons. The molecule has 21 heavy (non-hydrogen) atoms. The monoisotopic (exact) mass is 320 g/mol. The molecule has 0 saturated carbocycles. The third kappa shape index (κ3) is 3.46. The molecule has 0 radical (unpaired) electrons. The maximum absolute atomic E-state index is 13.3. The van der Waals surface area contributed by atoms with Crippen molar-refractivity contribution in [1.29, 1.82) is 0 Å². The first-order chi connectivity index (χ1) is 9.74. The second-order valence-electron chi connectivity index (χ2n) is 5.75. The molecule has 1 aromatic rings. The molecule has 1 aliphatic rings. The SMILES string of the molecule is CC1CN(c2ccc(CCl)cc2C(F)(F)F)CC(C)N1C. The van der Waals surface area contributed by atoms with E-state index in [-0.39, 0.29) is 23.7 Å². The van der Waals surface area contributed by atoms with Crippen molar-refractivity contribution >= 4 is 17.3 Å². The largest absolute Gasteiger partial charge is 0.418 e. The number of hydrogen-bond donors (Lipinski definition) is 0. The van der Waals surface area contributed by atoms with Crippen LogP contribution in [0.1, 0.15) is 25.0 Å². The van der Waals surface area contributed by atoms with Crippen molar-refractivity contribution in [1.82, 2.24) is 4.90 Å². The molecule has 2 atom stereocenters. The molecule has 0 amide bonds. The number of hydrogen-bond acceptors (Lipinski definition) is 2. The molecule has 0 aliphatic carbocycles. The third-order valence-corrected chi connectivity index (χ3v) is 4.53. The Kier molecular flexibility index (Phi) is 4.73. The van der Waals surface area contributed by atoms with E-state index in [0.29, 0.717) is 18.7 Å². The highest BCUT2D eigenvalue weighted by Crippen LogP contribution is 2.38. The topological polar surface area (TPSA) is 6.48 Å².